The lowest BCUT2D eigenvalue weighted by Gasteiger charge is -2.32. The standard InChI is InChI=1S/C23H19NO2/c24-17-23(20-14-8-3-9-15-20,22(26)19-12-6-2-7-13-19)16-21(25)18-10-4-1-5-11-18/h1-15,22,26H,16H2/t22-,23-/m0/s1. The molecule has 0 unspecified atom stereocenters. The summed E-state index contributed by atoms with van der Waals surface area (Å²) in [4.78, 5) is 12.9. The number of aliphatic hydroxyl groups is 1. The monoisotopic (exact) mass is 341 g/mol. The van der Waals surface area contributed by atoms with E-state index in [0.717, 1.165) is 0 Å². The summed E-state index contributed by atoms with van der Waals surface area (Å²) in [5.41, 5.74) is 0.403. The summed E-state index contributed by atoms with van der Waals surface area (Å²) < 4.78 is 0. The van der Waals surface area contributed by atoms with Gasteiger partial charge in [0, 0.05) is 12.0 Å². The fourth-order valence-corrected chi connectivity index (χ4v) is 3.16. The third-order valence-electron chi connectivity index (χ3n) is 4.61. The molecular weight excluding hydrogens is 322 g/mol. The van der Waals surface area contributed by atoms with E-state index in [1.165, 1.54) is 0 Å². The van der Waals surface area contributed by atoms with E-state index in [1.807, 2.05) is 42.5 Å². The van der Waals surface area contributed by atoms with Crippen molar-refractivity contribution in [1.29, 1.82) is 5.26 Å². The number of rotatable bonds is 6. The number of aliphatic hydroxyl groups excluding tert-OH is 1. The molecule has 26 heavy (non-hydrogen) atoms. The molecule has 3 aromatic carbocycles. The fraction of sp³-hybridized carbons (Fsp3) is 0.130. The summed E-state index contributed by atoms with van der Waals surface area (Å²) in [6.07, 6.45) is -1.23. The quantitative estimate of drug-likeness (QED) is 0.674. The maximum Gasteiger partial charge on any atom is 0.164 e. The van der Waals surface area contributed by atoms with Crippen LogP contribution in [0, 0.1) is 11.3 Å². The molecule has 0 saturated carbocycles. The summed E-state index contributed by atoms with van der Waals surface area (Å²) in [7, 11) is 0. The molecule has 0 aliphatic rings. The molecule has 0 saturated heterocycles. The van der Waals surface area contributed by atoms with Gasteiger partial charge in [-0.3, -0.25) is 4.79 Å². The molecule has 0 bridgehead atoms. The molecule has 0 aromatic heterocycles. The Balaban J connectivity index is 2.07. The van der Waals surface area contributed by atoms with Gasteiger partial charge in [0.25, 0.3) is 0 Å². The molecule has 0 fully saturated rings. The predicted octanol–water partition coefficient (Wildman–Crippen LogP) is 4.45. The van der Waals surface area contributed by atoms with Crippen molar-refractivity contribution in [2.75, 3.05) is 0 Å². The first-order valence-electron chi connectivity index (χ1n) is 8.45. The van der Waals surface area contributed by atoms with Crippen LogP contribution in [0.25, 0.3) is 0 Å². The smallest absolute Gasteiger partial charge is 0.164 e. The summed E-state index contributed by atoms with van der Waals surface area (Å²) in [6, 6.07) is 29.2. The van der Waals surface area contributed by atoms with Crippen molar-refractivity contribution >= 4 is 5.78 Å². The highest BCUT2D eigenvalue weighted by Gasteiger charge is 2.43. The van der Waals surface area contributed by atoms with Gasteiger partial charge in [-0.15, -0.1) is 0 Å². The zero-order valence-corrected chi connectivity index (χ0v) is 14.2. The Bertz CT molecular complexity index is 901. The number of carbonyl (C=O) groups is 1. The van der Waals surface area contributed by atoms with Gasteiger partial charge in [-0.25, -0.2) is 0 Å². The Hall–Kier alpha value is -3.22. The molecular formula is C23H19NO2. The molecule has 3 nitrogen and oxygen atoms in total. The van der Waals surface area contributed by atoms with Crippen LogP contribution in [-0.4, -0.2) is 10.9 Å². The van der Waals surface area contributed by atoms with Crippen LogP contribution < -0.4 is 0 Å². The Labute approximate surface area is 153 Å². The molecule has 3 aromatic rings. The van der Waals surface area contributed by atoms with Crippen LogP contribution in [0.3, 0.4) is 0 Å². The first-order chi connectivity index (χ1) is 12.7. The summed E-state index contributed by atoms with van der Waals surface area (Å²) >= 11 is 0. The number of hydrogen-bond donors (Lipinski definition) is 1. The molecule has 0 amide bonds. The van der Waals surface area contributed by atoms with Crippen molar-refractivity contribution in [3.05, 3.63) is 108 Å². The van der Waals surface area contributed by atoms with Gasteiger partial charge in [0.1, 0.15) is 11.5 Å². The minimum atomic E-state index is -1.37. The minimum Gasteiger partial charge on any atom is -0.386 e. The topological polar surface area (TPSA) is 61.1 Å². The number of benzene rings is 3. The Morgan fingerprint density at radius 3 is 1.92 bits per heavy atom. The Kier molecular flexibility index (Phi) is 5.26. The highest BCUT2D eigenvalue weighted by atomic mass is 16.3. The van der Waals surface area contributed by atoms with Crippen LogP contribution in [0.4, 0.5) is 0 Å². The van der Waals surface area contributed by atoms with Crippen molar-refractivity contribution in [2.45, 2.75) is 17.9 Å². The van der Waals surface area contributed by atoms with Crippen LogP contribution in [-0.2, 0) is 5.41 Å². The summed E-state index contributed by atoms with van der Waals surface area (Å²) in [5, 5.41) is 21.2. The van der Waals surface area contributed by atoms with Crippen molar-refractivity contribution in [1.82, 2.24) is 0 Å². The van der Waals surface area contributed by atoms with E-state index >= 15 is 0 Å². The maximum atomic E-state index is 12.9. The number of nitrogens with zero attached hydrogens (tertiary/aromatic N) is 1. The van der Waals surface area contributed by atoms with Crippen LogP contribution in [0.15, 0.2) is 91.0 Å². The number of ketones is 1. The van der Waals surface area contributed by atoms with Gasteiger partial charge in [-0.2, -0.15) is 5.26 Å². The predicted molar refractivity (Wildman–Crippen MR) is 101 cm³/mol. The second kappa shape index (κ2) is 7.77. The zero-order valence-electron chi connectivity index (χ0n) is 14.2. The SMILES string of the molecule is N#C[C@@](CC(=O)c1ccccc1)(c1ccccc1)[C@@H](O)c1ccccc1. The van der Waals surface area contributed by atoms with Gasteiger partial charge in [0.15, 0.2) is 5.78 Å². The lowest BCUT2D eigenvalue weighted by molar-refractivity contribution is 0.0798. The third-order valence-corrected chi connectivity index (χ3v) is 4.61. The normalized spacial score (nSPS) is 14.0. The molecule has 0 aliphatic heterocycles. The Morgan fingerprint density at radius 2 is 1.38 bits per heavy atom. The first-order valence-corrected chi connectivity index (χ1v) is 8.45. The molecule has 0 aliphatic carbocycles. The van der Waals surface area contributed by atoms with Gasteiger partial charge in [-0.1, -0.05) is 91.0 Å². The largest absolute Gasteiger partial charge is 0.386 e. The average Bonchev–Trinajstić information content (AvgIpc) is 2.73. The fourth-order valence-electron chi connectivity index (χ4n) is 3.16. The Morgan fingerprint density at radius 1 is 0.885 bits per heavy atom. The van der Waals surface area contributed by atoms with Gasteiger partial charge in [-0.05, 0) is 11.1 Å². The van der Waals surface area contributed by atoms with Crippen molar-refractivity contribution in [3.8, 4) is 6.07 Å². The maximum absolute atomic E-state index is 12.9. The molecule has 1 N–H and O–H groups in total. The van der Waals surface area contributed by atoms with E-state index < -0.39 is 11.5 Å². The van der Waals surface area contributed by atoms with E-state index in [9.17, 15) is 15.2 Å². The highest BCUT2D eigenvalue weighted by molar-refractivity contribution is 5.97. The molecule has 128 valence electrons. The van der Waals surface area contributed by atoms with E-state index in [2.05, 4.69) is 6.07 Å². The molecule has 2 atom stereocenters. The summed E-state index contributed by atoms with van der Waals surface area (Å²) in [6.45, 7) is 0. The number of Topliss-reactive ketones (excluding diaryl/α,β-unsaturated/α-hetero) is 1. The van der Waals surface area contributed by atoms with E-state index in [0.29, 0.717) is 16.7 Å². The molecule has 3 heteroatoms. The van der Waals surface area contributed by atoms with Crippen molar-refractivity contribution in [3.63, 3.8) is 0 Å². The molecule has 0 radical (unpaired) electrons. The van der Waals surface area contributed by atoms with E-state index in [1.54, 1.807) is 48.5 Å². The van der Waals surface area contributed by atoms with Crippen LogP contribution in [0.5, 0.6) is 0 Å². The molecule has 0 heterocycles. The second-order valence-corrected chi connectivity index (χ2v) is 6.23. The van der Waals surface area contributed by atoms with Crippen molar-refractivity contribution < 1.29 is 9.90 Å². The van der Waals surface area contributed by atoms with Crippen molar-refractivity contribution in [2.24, 2.45) is 0 Å². The number of nitriles is 1. The first kappa shape index (κ1) is 17.6. The number of hydrogen-bond acceptors (Lipinski definition) is 3. The van der Waals surface area contributed by atoms with Crippen LogP contribution >= 0.6 is 0 Å². The van der Waals surface area contributed by atoms with Gasteiger partial charge < -0.3 is 5.11 Å². The molecule has 0 spiro atoms. The lowest BCUT2D eigenvalue weighted by atomic mass is 9.70. The second-order valence-electron chi connectivity index (χ2n) is 6.23. The van der Waals surface area contributed by atoms with Crippen LogP contribution in [0.1, 0.15) is 34.0 Å². The van der Waals surface area contributed by atoms with Gasteiger partial charge >= 0.3 is 0 Å². The van der Waals surface area contributed by atoms with Gasteiger partial charge in [0.2, 0.25) is 0 Å². The average molecular weight is 341 g/mol. The summed E-state index contributed by atoms with van der Waals surface area (Å²) in [5.74, 6) is -0.175. The lowest BCUT2D eigenvalue weighted by Crippen LogP contribution is -2.35. The highest BCUT2D eigenvalue weighted by Crippen LogP contribution is 2.40. The van der Waals surface area contributed by atoms with E-state index in [4.69, 9.17) is 0 Å². The van der Waals surface area contributed by atoms with Crippen LogP contribution in [0.2, 0.25) is 0 Å². The number of carbonyl (C=O) groups excluding carboxylic acids is 1. The van der Waals surface area contributed by atoms with Gasteiger partial charge in [0.05, 0.1) is 6.07 Å². The third kappa shape index (κ3) is 3.42. The minimum absolute atomic E-state index is 0.104. The van der Waals surface area contributed by atoms with E-state index in [-0.39, 0.29) is 12.2 Å². The molecule has 3 rings (SSSR count). The zero-order chi connectivity index (χ0) is 18.4.